The third kappa shape index (κ3) is 1.93. The summed E-state index contributed by atoms with van der Waals surface area (Å²) in [5.74, 6) is 1.63. The molecule has 1 aromatic heterocycles. The van der Waals surface area contributed by atoms with Crippen LogP contribution in [0.3, 0.4) is 0 Å². The van der Waals surface area contributed by atoms with Crippen molar-refractivity contribution in [2.45, 2.75) is 39.4 Å². The molecule has 0 bridgehead atoms. The summed E-state index contributed by atoms with van der Waals surface area (Å²) in [6, 6.07) is 7.78. The Morgan fingerprint density at radius 2 is 1.81 bits per heavy atom. The van der Waals surface area contributed by atoms with Gasteiger partial charge in [0, 0.05) is 11.5 Å². The van der Waals surface area contributed by atoms with Gasteiger partial charge in [-0.05, 0) is 5.46 Å². The average molecular weight is 281 g/mol. The standard InChI is InChI=1S/C17H20BNO2/c1-9(2)16-14(19)13-17(21-16)15(20)11-7-5-6-8-12(11)18(13)10(3)4/h5-10H,19H2,1-4H3. The van der Waals surface area contributed by atoms with Crippen molar-refractivity contribution in [3.8, 4) is 0 Å². The SMILES string of the molecule is CC(C)B1c2ccccc2C(=O)c2oc(C(C)C)c(N)c21. The van der Waals surface area contributed by atoms with Crippen LogP contribution in [-0.2, 0) is 0 Å². The number of furan rings is 1. The molecule has 1 aliphatic rings. The van der Waals surface area contributed by atoms with E-state index in [0.717, 1.165) is 22.2 Å². The third-order valence-electron chi connectivity index (χ3n) is 4.26. The Morgan fingerprint density at radius 1 is 1.14 bits per heavy atom. The van der Waals surface area contributed by atoms with Gasteiger partial charge in [-0.15, -0.1) is 0 Å². The molecule has 0 aliphatic carbocycles. The lowest BCUT2D eigenvalue weighted by molar-refractivity contribution is 0.101. The Bertz CT molecular complexity index is 716. The summed E-state index contributed by atoms with van der Waals surface area (Å²) in [5.41, 5.74) is 9.67. The van der Waals surface area contributed by atoms with Crippen LogP contribution in [0.5, 0.6) is 0 Å². The lowest BCUT2D eigenvalue weighted by atomic mass is 9.31. The van der Waals surface area contributed by atoms with Gasteiger partial charge in [-0.25, -0.2) is 0 Å². The maximum Gasteiger partial charge on any atom is 0.227 e. The number of rotatable bonds is 2. The van der Waals surface area contributed by atoms with Gasteiger partial charge in [0.05, 0.1) is 5.69 Å². The molecule has 1 aliphatic heterocycles. The van der Waals surface area contributed by atoms with E-state index in [4.69, 9.17) is 10.2 Å². The van der Waals surface area contributed by atoms with Crippen LogP contribution in [0.1, 0.15) is 55.5 Å². The number of ketones is 1. The highest BCUT2D eigenvalue weighted by Crippen LogP contribution is 2.30. The summed E-state index contributed by atoms with van der Waals surface area (Å²) >= 11 is 0. The van der Waals surface area contributed by atoms with Crippen molar-refractivity contribution in [3.63, 3.8) is 0 Å². The van der Waals surface area contributed by atoms with Gasteiger partial charge in [0.15, 0.2) is 5.76 Å². The first kappa shape index (κ1) is 14.0. The zero-order chi connectivity index (χ0) is 15.3. The smallest absolute Gasteiger partial charge is 0.227 e. The lowest BCUT2D eigenvalue weighted by Gasteiger charge is -2.25. The molecule has 0 fully saturated rings. The first-order valence-corrected chi connectivity index (χ1v) is 7.49. The zero-order valence-electron chi connectivity index (χ0n) is 12.9. The quantitative estimate of drug-likeness (QED) is 0.861. The Morgan fingerprint density at radius 3 is 2.43 bits per heavy atom. The van der Waals surface area contributed by atoms with Gasteiger partial charge in [0.2, 0.25) is 12.5 Å². The number of anilines is 1. The predicted octanol–water partition coefficient (Wildman–Crippen LogP) is 2.55. The fraction of sp³-hybridized carbons (Fsp3) is 0.353. The van der Waals surface area contributed by atoms with E-state index in [9.17, 15) is 4.79 Å². The number of carbonyl (C=O) groups is 1. The van der Waals surface area contributed by atoms with Crippen LogP contribution in [0.2, 0.25) is 5.82 Å². The predicted molar refractivity (Wildman–Crippen MR) is 87.2 cm³/mol. The first-order chi connectivity index (χ1) is 9.93. The van der Waals surface area contributed by atoms with Crippen molar-refractivity contribution in [1.29, 1.82) is 0 Å². The van der Waals surface area contributed by atoms with E-state index in [1.807, 2.05) is 38.1 Å². The lowest BCUT2D eigenvalue weighted by Crippen LogP contribution is -2.52. The van der Waals surface area contributed by atoms with Gasteiger partial charge in [-0.2, -0.15) is 0 Å². The number of nitrogens with two attached hydrogens (primary N) is 1. The normalized spacial score (nSPS) is 13.8. The second kappa shape index (κ2) is 4.80. The Hall–Kier alpha value is -1.97. The molecular formula is C17H20BNO2. The highest BCUT2D eigenvalue weighted by molar-refractivity contribution is 6.90. The summed E-state index contributed by atoms with van der Waals surface area (Å²) in [5, 5.41) is 0. The molecule has 3 rings (SSSR count). The number of hydrogen-bond donors (Lipinski definition) is 1. The maximum absolute atomic E-state index is 12.7. The van der Waals surface area contributed by atoms with Gasteiger partial charge in [-0.3, -0.25) is 4.79 Å². The van der Waals surface area contributed by atoms with Crippen molar-refractivity contribution < 1.29 is 9.21 Å². The molecule has 2 heterocycles. The molecule has 0 saturated heterocycles. The van der Waals surface area contributed by atoms with E-state index in [1.54, 1.807) is 0 Å². The number of carbonyl (C=O) groups excluding carboxylic acids is 1. The summed E-state index contributed by atoms with van der Waals surface area (Å²) in [6.45, 7) is 8.49. The Labute approximate surface area is 125 Å². The summed E-state index contributed by atoms with van der Waals surface area (Å²) in [4.78, 5) is 12.7. The number of nitrogen functional groups attached to an aromatic ring is 1. The van der Waals surface area contributed by atoms with Crippen LogP contribution < -0.4 is 16.7 Å². The van der Waals surface area contributed by atoms with E-state index >= 15 is 0 Å². The maximum atomic E-state index is 12.7. The van der Waals surface area contributed by atoms with Gasteiger partial charge < -0.3 is 10.2 Å². The van der Waals surface area contributed by atoms with Crippen molar-refractivity contribution in [2.75, 3.05) is 5.73 Å². The fourth-order valence-electron chi connectivity index (χ4n) is 3.33. The minimum Gasteiger partial charge on any atom is -0.456 e. The molecule has 4 heteroatoms. The molecule has 3 nitrogen and oxygen atoms in total. The van der Waals surface area contributed by atoms with Gasteiger partial charge in [-0.1, -0.05) is 63.2 Å². The van der Waals surface area contributed by atoms with Gasteiger partial charge >= 0.3 is 0 Å². The monoisotopic (exact) mass is 281 g/mol. The highest BCUT2D eigenvalue weighted by Gasteiger charge is 2.41. The number of fused-ring (bicyclic) bond motifs is 2. The molecule has 2 N–H and O–H groups in total. The van der Waals surface area contributed by atoms with Crippen LogP contribution in [0.15, 0.2) is 28.7 Å². The zero-order valence-corrected chi connectivity index (χ0v) is 12.9. The van der Waals surface area contributed by atoms with E-state index < -0.39 is 0 Å². The first-order valence-electron chi connectivity index (χ1n) is 7.49. The van der Waals surface area contributed by atoms with E-state index in [-0.39, 0.29) is 18.4 Å². The Kier molecular flexibility index (Phi) is 3.20. The largest absolute Gasteiger partial charge is 0.456 e. The van der Waals surface area contributed by atoms with Crippen molar-refractivity contribution in [1.82, 2.24) is 0 Å². The molecule has 0 atom stereocenters. The molecule has 21 heavy (non-hydrogen) atoms. The van der Waals surface area contributed by atoms with Gasteiger partial charge in [0.25, 0.3) is 0 Å². The summed E-state index contributed by atoms with van der Waals surface area (Å²) < 4.78 is 5.87. The van der Waals surface area contributed by atoms with Crippen molar-refractivity contribution in [2.24, 2.45) is 0 Å². The minimum absolute atomic E-state index is 0.0453. The molecule has 0 radical (unpaired) electrons. The fourth-order valence-corrected chi connectivity index (χ4v) is 3.33. The number of hydrogen-bond acceptors (Lipinski definition) is 3. The summed E-state index contributed by atoms with van der Waals surface area (Å²) in [7, 11) is 0. The Balaban J connectivity index is 2.31. The topological polar surface area (TPSA) is 56.2 Å². The molecule has 108 valence electrons. The molecular weight excluding hydrogens is 261 g/mol. The van der Waals surface area contributed by atoms with Crippen LogP contribution in [0.4, 0.5) is 5.69 Å². The van der Waals surface area contributed by atoms with Crippen LogP contribution >= 0.6 is 0 Å². The average Bonchev–Trinajstić information content (AvgIpc) is 2.77. The molecule has 1 aromatic carbocycles. The highest BCUT2D eigenvalue weighted by atomic mass is 16.4. The molecule has 0 amide bonds. The molecule has 0 unspecified atom stereocenters. The van der Waals surface area contributed by atoms with E-state index in [0.29, 0.717) is 17.3 Å². The van der Waals surface area contributed by atoms with Crippen molar-refractivity contribution in [3.05, 3.63) is 41.3 Å². The second-order valence-electron chi connectivity index (χ2n) is 6.42. The third-order valence-corrected chi connectivity index (χ3v) is 4.26. The molecule has 2 aromatic rings. The second-order valence-corrected chi connectivity index (χ2v) is 6.42. The van der Waals surface area contributed by atoms with Crippen LogP contribution in [0.25, 0.3) is 0 Å². The number of benzene rings is 1. The van der Waals surface area contributed by atoms with Gasteiger partial charge in [0.1, 0.15) is 5.76 Å². The van der Waals surface area contributed by atoms with Crippen LogP contribution in [0, 0.1) is 0 Å². The minimum atomic E-state index is -0.0453. The molecule has 0 saturated carbocycles. The van der Waals surface area contributed by atoms with E-state index in [2.05, 4.69) is 13.8 Å². The molecule has 0 spiro atoms. The summed E-state index contributed by atoms with van der Waals surface area (Å²) in [6.07, 6.45) is 0. The van der Waals surface area contributed by atoms with E-state index in [1.165, 1.54) is 0 Å². The van der Waals surface area contributed by atoms with Crippen molar-refractivity contribution >= 4 is 29.1 Å². The van der Waals surface area contributed by atoms with Crippen LogP contribution in [-0.4, -0.2) is 12.5 Å².